The van der Waals surface area contributed by atoms with Crippen molar-refractivity contribution >= 4 is 29.3 Å². The minimum atomic E-state index is -1.10. The fraction of sp³-hybridized carbons (Fsp3) is 0.667. The third kappa shape index (κ3) is 6.56. The lowest BCUT2D eigenvalue weighted by Gasteiger charge is -2.51. The van der Waals surface area contributed by atoms with Gasteiger partial charge < -0.3 is 20.2 Å². The maximum Gasteiger partial charge on any atom is 0.245 e. The van der Waals surface area contributed by atoms with Crippen LogP contribution >= 0.6 is 11.6 Å². The summed E-state index contributed by atoms with van der Waals surface area (Å²) in [7, 11) is 3.40. The van der Waals surface area contributed by atoms with Gasteiger partial charge in [-0.25, -0.2) is 0 Å². The van der Waals surface area contributed by atoms with Crippen molar-refractivity contribution in [2.24, 2.45) is 16.7 Å². The van der Waals surface area contributed by atoms with Gasteiger partial charge in [0.25, 0.3) is 0 Å². The lowest BCUT2D eigenvalue weighted by Crippen LogP contribution is -2.60. The number of nitrogens with zero attached hydrogens (tertiary/aromatic N) is 2. The number of carbonyl (C=O) groups is 3. The molecule has 2 atom stereocenters. The number of halogens is 1. The summed E-state index contributed by atoms with van der Waals surface area (Å²) in [5, 5.41) is 15.1. The molecule has 0 aliphatic carbocycles. The highest BCUT2D eigenvalue weighted by Gasteiger charge is 2.50. The van der Waals surface area contributed by atoms with Gasteiger partial charge in [-0.3, -0.25) is 14.4 Å². The summed E-state index contributed by atoms with van der Waals surface area (Å²) in [5.74, 6) is -0.539. The van der Waals surface area contributed by atoms with Crippen LogP contribution in [0.4, 0.5) is 0 Å². The Labute approximate surface area is 215 Å². The van der Waals surface area contributed by atoms with Crippen molar-refractivity contribution in [1.29, 1.82) is 0 Å². The first kappa shape index (κ1) is 29.1. The van der Waals surface area contributed by atoms with Gasteiger partial charge in [-0.05, 0) is 36.5 Å². The highest BCUT2D eigenvalue weighted by molar-refractivity contribution is 6.30. The number of aliphatic hydroxyl groups is 1. The molecule has 0 bridgehead atoms. The first-order chi connectivity index (χ1) is 16.0. The Kier molecular flexibility index (Phi) is 9.04. The molecule has 2 N–H and O–H groups in total. The maximum absolute atomic E-state index is 13.5. The number of benzene rings is 1. The van der Waals surface area contributed by atoms with Crippen molar-refractivity contribution in [3.8, 4) is 0 Å². The topological polar surface area (TPSA) is 90.0 Å². The molecule has 1 aromatic carbocycles. The summed E-state index contributed by atoms with van der Waals surface area (Å²) in [6.07, 6.45) is 0.928. The number of nitrogens with one attached hydrogen (secondary N) is 1. The van der Waals surface area contributed by atoms with Crippen LogP contribution in [0.1, 0.15) is 66.4 Å². The van der Waals surface area contributed by atoms with E-state index in [0.29, 0.717) is 31.0 Å². The molecule has 3 amide bonds. The summed E-state index contributed by atoms with van der Waals surface area (Å²) in [4.78, 5) is 41.9. The predicted octanol–water partition coefficient (Wildman–Crippen LogP) is 3.82. The monoisotopic (exact) mass is 507 g/mol. The Morgan fingerprint density at radius 3 is 2.23 bits per heavy atom. The molecule has 1 aliphatic heterocycles. The first-order valence-corrected chi connectivity index (χ1v) is 12.7. The van der Waals surface area contributed by atoms with Crippen molar-refractivity contribution in [2.45, 2.75) is 72.4 Å². The quantitative estimate of drug-likeness (QED) is 0.559. The molecule has 0 spiro atoms. The van der Waals surface area contributed by atoms with Gasteiger partial charge in [0.15, 0.2) is 0 Å². The van der Waals surface area contributed by atoms with E-state index in [9.17, 15) is 19.5 Å². The van der Waals surface area contributed by atoms with E-state index in [2.05, 4.69) is 5.32 Å². The SMILES string of the molecule is CC(C)C(NC(=O)CCC(C)(C)C(=O)N(C)C)C(=O)N1CCC(O)(c2ccc(Cl)cc2)C(C)(C)C1. The van der Waals surface area contributed by atoms with E-state index in [1.54, 1.807) is 31.1 Å². The van der Waals surface area contributed by atoms with E-state index < -0.39 is 22.5 Å². The van der Waals surface area contributed by atoms with E-state index in [1.807, 2.05) is 53.7 Å². The fourth-order valence-corrected chi connectivity index (χ4v) is 4.99. The number of hydrogen-bond acceptors (Lipinski definition) is 4. The number of piperidine rings is 1. The number of likely N-dealkylation sites (tertiary alicyclic amines) is 1. The Bertz CT molecular complexity index is 927. The number of carbonyl (C=O) groups excluding carboxylic acids is 3. The van der Waals surface area contributed by atoms with E-state index in [4.69, 9.17) is 11.6 Å². The molecule has 2 rings (SSSR count). The standard InChI is InChI=1S/C27H42ClN3O4/c1-18(2)22(29-21(32)13-14-25(3,4)24(34)30(7)8)23(33)31-16-15-27(35,26(5,6)17-31)19-9-11-20(28)12-10-19/h9-12,18,22,35H,13-17H2,1-8H3,(H,29,32). The van der Waals surface area contributed by atoms with Crippen LogP contribution in [0.5, 0.6) is 0 Å². The minimum absolute atomic E-state index is 0.0366. The van der Waals surface area contributed by atoms with Crippen LogP contribution in [0.15, 0.2) is 24.3 Å². The molecule has 0 saturated carbocycles. The van der Waals surface area contributed by atoms with E-state index in [0.717, 1.165) is 5.56 Å². The molecular formula is C27H42ClN3O4. The largest absolute Gasteiger partial charge is 0.384 e. The van der Waals surface area contributed by atoms with Gasteiger partial charge in [-0.15, -0.1) is 0 Å². The van der Waals surface area contributed by atoms with Crippen LogP contribution in [0.3, 0.4) is 0 Å². The van der Waals surface area contributed by atoms with E-state index in [-0.39, 0.29) is 30.1 Å². The molecule has 196 valence electrons. The number of hydrogen-bond donors (Lipinski definition) is 2. The smallest absolute Gasteiger partial charge is 0.245 e. The van der Waals surface area contributed by atoms with Crippen LogP contribution in [0, 0.1) is 16.7 Å². The van der Waals surface area contributed by atoms with Crippen LogP contribution < -0.4 is 5.32 Å². The highest BCUT2D eigenvalue weighted by Crippen LogP contribution is 2.46. The molecule has 1 aliphatic rings. The van der Waals surface area contributed by atoms with Gasteiger partial charge in [-0.2, -0.15) is 0 Å². The molecule has 0 aromatic heterocycles. The van der Waals surface area contributed by atoms with Crippen molar-refractivity contribution < 1.29 is 19.5 Å². The Morgan fingerprint density at radius 2 is 1.74 bits per heavy atom. The maximum atomic E-state index is 13.5. The van der Waals surface area contributed by atoms with Gasteiger partial charge in [-0.1, -0.05) is 65.3 Å². The van der Waals surface area contributed by atoms with Gasteiger partial charge in [0.05, 0.1) is 5.60 Å². The van der Waals surface area contributed by atoms with E-state index in [1.165, 1.54) is 4.90 Å². The first-order valence-electron chi connectivity index (χ1n) is 12.3. The number of rotatable bonds is 8. The molecule has 1 aromatic rings. The third-order valence-electron chi connectivity index (χ3n) is 7.29. The minimum Gasteiger partial charge on any atom is -0.384 e. The molecule has 0 radical (unpaired) electrons. The van der Waals surface area contributed by atoms with Crippen LogP contribution in [0.25, 0.3) is 0 Å². The van der Waals surface area contributed by atoms with Crippen molar-refractivity contribution in [1.82, 2.24) is 15.1 Å². The van der Waals surface area contributed by atoms with Crippen LogP contribution in [-0.4, -0.2) is 65.9 Å². The summed E-state index contributed by atoms with van der Waals surface area (Å²) in [5.41, 5.74) is -1.60. The van der Waals surface area contributed by atoms with Crippen LogP contribution in [-0.2, 0) is 20.0 Å². The Morgan fingerprint density at radius 1 is 1.17 bits per heavy atom. The zero-order chi connectivity index (χ0) is 26.8. The zero-order valence-electron chi connectivity index (χ0n) is 22.4. The third-order valence-corrected chi connectivity index (χ3v) is 7.55. The average molecular weight is 508 g/mol. The molecular weight excluding hydrogens is 466 g/mol. The normalized spacial score (nSPS) is 20.9. The lowest BCUT2D eigenvalue weighted by molar-refractivity contribution is -0.156. The summed E-state index contributed by atoms with van der Waals surface area (Å²) in [6, 6.07) is 6.52. The van der Waals surface area contributed by atoms with Crippen LogP contribution in [0.2, 0.25) is 5.02 Å². The summed E-state index contributed by atoms with van der Waals surface area (Å²) < 4.78 is 0. The van der Waals surface area contributed by atoms with Crippen molar-refractivity contribution in [3.05, 3.63) is 34.9 Å². The Hall–Kier alpha value is -2.12. The van der Waals surface area contributed by atoms with Gasteiger partial charge >= 0.3 is 0 Å². The fourth-order valence-electron chi connectivity index (χ4n) is 4.87. The molecule has 2 unspecified atom stereocenters. The number of amides is 3. The lowest BCUT2D eigenvalue weighted by atomic mass is 9.66. The highest BCUT2D eigenvalue weighted by atomic mass is 35.5. The Balaban J connectivity index is 2.09. The molecule has 1 fully saturated rings. The molecule has 1 saturated heterocycles. The summed E-state index contributed by atoms with van der Waals surface area (Å²) >= 11 is 6.03. The average Bonchev–Trinajstić information content (AvgIpc) is 2.77. The van der Waals surface area contributed by atoms with Gasteiger partial charge in [0.1, 0.15) is 6.04 Å². The molecule has 1 heterocycles. The second-order valence-electron chi connectivity index (χ2n) is 11.6. The molecule has 7 nitrogen and oxygen atoms in total. The predicted molar refractivity (Wildman–Crippen MR) is 139 cm³/mol. The second-order valence-corrected chi connectivity index (χ2v) is 12.1. The summed E-state index contributed by atoms with van der Waals surface area (Å²) in [6.45, 7) is 12.1. The molecule has 35 heavy (non-hydrogen) atoms. The van der Waals surface area contributed by atoms with Gasteiger partial charge in [0, 0.05) is 49.5 Å². The van der Waals surface area contributed by atoms with E-state index >= 15 is 0 Å². The van der Waals surface area contributed by atoms with Crippen molar-refractivity contribution in [2.75, 3.05) is 27.2 Å². The second kappa shape index (κ2) is 10.9. The zero-order valence-corrected chi connectivity index (χ0v) is 23.2. The molecule has 8 heteroatoms. The van der Waals surface area contributed by atoms with Crippen molar-refractivity contribution in [3.63, 3.8) is 0 Å². The van der Waals surface area contributed by atoms with Gasteiger partial charge in [0.2, 0.25) is 17.7 Å².